The Morgan fingerprint density at radius 3 is 2.54 bits per heavy atom. The van der Waals surface area contributed by atoms with Crippen molar-refractivity contribution in [1.29, 1.82) is 0 Å². The van der Waals surface area contributed by atoms with E-state index in [9.17, 15) is 14.4 Å². The van der Waals surface area contributed by atoms with E-state index in [1.54, 1.807) is 29.2 Å². The van der Waals surface area contributed by atoms with Crippen LogP contribution in [0.15, 0.2) is 24.3 Å². The maximum Gasteiger partial charge on any atom is 0.303 e. The Bertz CT molecular complexity index is 600. The van der Waals surface area contributed by atoms with Crippen LogP contribution in [0.4, 0.5) is 0 Å². The quantitative estimate of drug-likeness (QED) is 0.783. The van der Waals surface area contributed by atoms with E-state index in [0.29, 0.717) is 24.3 Å². The number of aliphatic carboxylic acids is 1. The number of hydrogen-bond acceptors (Lipinski definition) is 4. The Hall–Kier alpha value is -2.57. The van der Waals surface area contributed by atoms with Crippen molar-refractivity contribution in [2.24, 2.45) is 5.73 Å². The summed E-state index contributed by atoms with van der Waals surface area (Å²) in [5.74, 6) is -1.05. The number of carbonyl (C=O) groups excluding carboxylic acids is 2. The lowest BCUT2D eigenvalue weighted by molar-refractivity contribution is -0.137. The second-order valence-corrected chi connectivity index (χ2v) is 5.86. The lowest BCUT2D eigenvalue weighted by Gasteiger charge is -2.35. The van der Waals surface area contributed by atoms with Gasteiger partial charge in [-0.05, 0) is 49.9 Å². The summed E-state index contributed by atoms with van der Waals surface area (Å²) in [4.78, 5) is 35.9. The van der Waals surface area contributed by atoms with Gasteiger partial charge in [0, 0.05) is 24.6 Å². The van der Waals surface area contributed by atoms with Crippen molar-refractivity contribution in [3.8, 4) is 5.75 Å². The molecule has 24 heavy (non-hydrogen) atoms. The smallest absolute Gasteiger partial charge is 0.303 e. The monoisotopic (exact) mass is 334 g/mol. The number of piperidine rings is 1. The number of rotatable bonds is 7. The lowest BCUT2D eigenvalue weighted by Crippen LogP contribution is -2.43. The Balaban J connectivity index is 2.02. The second kappa shape index (κ2) is 8.33. The van der Waals surface area contributed by atoms with E-state index in [1.165, 1.54) is 0 Å². The first-order valence-corrected chi connectivity index (χ1v) is 8.01. The van der Waals surface area contributed by atoms with Gasteiger partial charge in [0.05, 0.1) is 0 Å². The predicted octanol–water partition coefficient (Wildman–Crippen LogP) is 1.41. The number of ether oxygens (including phenoxy) is 1. The summed E-state index contributed by atoms with van der Waals surface area (Å²) in [6.45, 7) is 0.430. The average molecular weight is 334 g/mol. The number of nitrogens with zero attached hydrogens (tertiary/aromatic N) is 1. The van der Waals surface area contributed by atoms with Crippen LogP contribution in [0.2, 0.25) is 0 Å². The number of carbonyl (C=O) groups is 3. The highest BCUT2D eigenvalue weighted by Crippen LogP contribution is 2.24. The summed E-state index contributed by atoms with van der Waals surface area (Å²) >= 11 is 0. The average Bonchev–Trinajstić information content (AvgIpc) is 2.58. The molecule has 7 heteroatoms. The van der Waals surface area contributed by atoms with Gasteiger partial charge in [0.2, 0.25) is 0 Å². The Kier molecular flexibility index (Phi) is 6.17. The highest BCUT2D eigenvalue weighted by molar-refractivity contribution is 5.94. The van der Waals surface area contributed by atoms with E-state index in [1.807, 2.05) is 0 Å². The Labute approximate surface area is 140 Å². The number of amides is 2. The molecule has 1 aromatic carbocycles. The molecule has 0 bridgehead atoms. The van der Waals surface area contributed by atoms with Gasteiger partial charge in [0.15, 0.2) is 6.61 Å². The molecule has 1 aromatic rings. The van der Waals surface area contributed by atoms with Crippen LogP contribution in [0.3, 0.4) is 0 Å². The van der Waals surface area contributed by atoms with Gasteiger partial charge in [-0.3, -0.25) is 14.4 Å². The maximum atomic E-state index is 12.7. The minimum Gasteiger partial charge on any atom is -0.484 e. The molecule has 0 spiro atoms. The molecular formula is C17H22N2O5. The fraction of sp³-hybridized carbons (Fsp3) is 0.471. The molecule has 1 heterocycles. The van der Waals surface area contributed by atoms with Crippen LogP contribution < -0.4 is 10.5 Å². The topological polar surface area (TPSA) is 110 Å². The van der Waals surface area contributed by atoms with Crippen molar-refractivity contribution in [3.63, 3.8) is 0 Å². The summed E-state index contributed by atoms with van der Waals surface area (Å²) in [5, 5.41) is 8.86. The van der Waals surface area contributed by atoms with Gasteiger partial charge in [-0.2, -0.15) is 0 Å². The molecule has 0 radical (unpaired) electrons. The molecule has 1 saturated heterocycles. The van der Waals surface area contributed by atoms with Gasteiger partial charge in [-0.1, -0.05) is 0 Å². The molecule has 130 valence electrons. The zero-order valence-corrected chi connectivity index (χ0v) is 13.4. The molecule has 2 amide bonds. The van der Waals surface area contributed by atoms with E-state index < -0.39 is 11.9 Å². The number of carboxylic acid groups (broad SMARTS) is 1. The minimum absolute atomic E-state index is 0.0341. The summed E-state index contributed by atoms with van der Waals surface area (Å²) in [6, 6.07) is 6.48. The zero-order chi connectivity index (χ0) is 17.5. The third kappa shape index (κ3) is 4.97. The van der Waals surface area contributed by atoms with Crippen LogP contribution >= 0.6 is 0 Å². The number of likely N-dealkylation sites (tertiary alicyclic amines) is 1. The SMILES string of the molecule is NC(=O)COc1ccc(C(=O)N2CCCCC2CCC(=O)O)cc1. The standard InChI is InChI=1S/C17H22N2O5/c18-15(20)11-24-14-7-4-12(5-8-14)17(23)19-10-2-1-3-13(19)6-9-16(21)22/h4-5,7-8,13H,1-3,6,9-11H2,(H2,18,20)(H,21,22). The largest absolute Gasteiger partial charge is 0.484 e. The second-order valence-electron chi connectivity index (χ2n) is 5.86. The summed E-state index contributed by atoms with van der Waals surface area (Å²) < 4.78 is 5.17. The van der Waals surface area contributed by atoms with Gasteiger partial charge in [-0.25, -0.2) is 0 Å². The Morgan fingerprint density at radius 2 is 1.92 bits per heavy atom. The highest BCUT2D eigenvalue weighted by atomic mass is 16.5. The third-order valence-electron chi connectivity index (χ3n) is 4.06. The van der Waals surface area contributed by atoms with E-state index in [2.05, 4.69) is 0 Å². The predicted molar refractivity (Wildman–Crippen MR) is 86.7 cm³/mol. The third-order valence-corrected chi connectivity index (χ3v) is 4.06. The number of primary amides is 1. The van der Waals surface area contributed by atoms with E-state index >= 15 is 0 Å². The first-order valence-electron chi connectivity index (χ1n) is 8.01. The fourth-order valence-electron chi connectivity index (χ4n) is 2.87. The van der Waals surface area contributed by atoms with Crippen molar-refractivity contribution in [2.45, 2.75) is 38.1 Å². The molecule has 2 rings (SSSR count). The zero-order valence-electron chi connectivity index (χ0n) is 13.4. The van der Waals surface area contributed by atoms with Gasteiger partial charge in [-0.15, -0.1) is 0 Å². The first kappa shape index (κ1) is 17.8. The molecule has 1 unspecified atom stereocenters. The first-order chi connectivity index (χ1) is 11.5. The van der Waals surface area contributed by atoms with Crippen molar-refractivity contribution < 1.29 is 24.2 Å². The van der Waals surface area contributed by atoms with E-state index in [-0.39, 0.29) is 25.0 Å². The highest BCUT2D eigenvalue weighted by Gasteiger charge is 2.27. The van der Waals surface area contributed by atoms with Crippen LogP contribution in [0.25, 0.3) is 0 Å². The van der Waals surface area contributed by atoms with Crippen LogP contribution in [0.5, 0.6) is 5.75 Å². The normalized spacial score (nSPS) is 17.3. The lowest BCUT2D eigenvalue weighted by atomic mass is 9.97. The molecule has 1 aliphatic heterocycles. The molecular weight excluding hydrogens is 312 g/mol. The molecule has 3 N–H and O–H groups in total. The number of benzene rings is 1. The number of carboxylic acids is 1. The van der Waals surface area contributed by atoms with Gasteiger partial charge < -0.3 is 20.5 Å². The van der Waals surface area contributed by atoms with Crippen molar-refractivity contribution in [3.05, 3.63) is 29.8 Å². The summed E-state index contributed by atoms with van der Waals surface area (Å²) in [6.07, 6.45) is 3.30. The van der Waals surface area contributed by atoms with E-state index in [4.69, 9.17) is 15.6 Å². The van der Waals surface area contributed by atoms with E-state index in [0.717, 1.165) is 19.3 Å². The minimum atomic E-state index is -0.844. The molecule has 0 aromatic heterocycles. The maximum absolute atomic E-state index is 12.7. The molecule has 1 aliphatic rings. The fourth-order valence-corrected chi connectivity index (χ4v) is 2.87. The molecule has 0 aliphatic carbocycles. The molecule has 1 atom stereocenters. The molecule has 0 saturated carbocycles. The van der Waals surface area contributed by atoms with Gasteiger partial charge >= 0.3 is 5.97 Å². The summed E-state index contributed by atoms with van der Waals surface area (Å²) in [5.41, 5.74) is 5.53. The molecule has 1 fully saturated rings. The van der Waals surface area contributed by atoms with Crippen LogP contribution in [-0.4, -0.2) is 47.0 Å². The number of nitrogens with two attached hydrogens (primary N) is 1. The van der Waals surface area contributed by atoms with Crippen LogP contribution in [-0.2, 0) is 9.59 Å². The van der Waals surface area contributed by atoms with Crippen molar-refractivity contribution in [1.82, 2.24) is 4.90 Å². The van der Waals surface area contributed by atoms with Gasteiger partial charge in [0.1, 0.15) is 5.75 Å². The van der Waals surface area contributed by atoms with Gasteiger partial charge in [0.25, 0.3) is 11.8 Å². The number of hydrogen-bond donors (Lipinski definition) is 2. The van der Waals surface area contributed by atoms with Crippen molar-refractivity contribution >= 4 is 17.8 Å². The van der Waals surface area contributed by atoms with Crippen molar-refractivity contribution in [2.75, 3.05) is 13.2 Å². The summed E-state index contributed by atoms with van der Waals surface area (Å²) in [7, 11) is 0. The van der Waals surface area contributed by atoms with Crippen LogP contribution in [0, 0.1) is 0 Å². The Morgan fingerprint density at radius 1 is 1.21 bits per heavy atom. The molecule has 7 nitrogen and oxygen atoms in total. The van der Waals surface area contributed by atoms with Crippen LogP contribution in [0.1, 0.15) is 42.5 Å².